The van der Waals surface area contributed by atoms with Crippen molar-refractivity contribution in [3.8, 4) is 0 Å². The Bertz CT molecular complexity index is 788. The van der Waals surface area contributed by atoms with Crippen LogP contribution in [0.4, 0.5) is 5.69 Å². The van der Waals surface area contributed by atoms with E-state index in [1.54, 1.807) is 0 Å². The Morgan fingerprint density at radius 1 is 1.17 bits per heavy atom. The average Bonchev–Trinajstić information content (AvgIpc) is 2.62. The molecule has 0 unspecified atom stereocenters. The third-order valence-electron chi connectivity index (χ3n) is 3.95. The van der Waals surface area contributed by atoms with Gasteiger partial charge in [0, 0.05) is 31.0 Å². The minimum Gasteiger partial charge on any atom is -0.399 e. The molecule has 1 aromatic heterocycles. The Morgan fingerprint density at radius 2 is 2.04 bits per heavy atom. The molecule has 0 aliphatic heterocycles. The topological polar surface area (TPSA) is 63.3 Å². The van der Waals surface area contributed by atoms with Crippen LogP contribution in [0.25, 0.3) is 0 Å². The second-order valence-corrected chi connectivity index (χ2v) is 5.72. The highest BCUT2D eigenvalue weighted by atomic mass is 14.9. The van der Waals surface area contributed by atoms with Gasteiger partial charge in [-0.2, -0.15) is 0 Å². The largest absolute Gasteiger partial charge is 0.399 e. The molecule has 3 N–H and O–H groups in total. The molecule has 0 saturated heterocycles. The van der Waals surface area contributed by atoms with Crippen LogP contribution in [0.5, 0.6) is 0 Å². The Balaban J connectivity index is 2.00. The Morgan fingerprint density at radius 3 is 2.79 bits per heavy atom. The second kappa shape index (κ2) is 7.59. The molecule has 1 aliphatic rings. The van der Waals surface area contributed by atoms with Crippen LogP contribution in [0.1, 0.15) is 24.1 Å². The van der Waals surface area contributed by atoms with E-state index in [2.05, 4.69) is 22.5 Å². The summed E-state index contributed by atoms with van der Waals surface area (Å²) >= 11 is 0. The lowest BCUT2D eigenvalue weighted by Crippen LogP contribution is -2.13. The molecule has 0 bridgehead atoms. The van der Waals surface area contributed by atoms with Crippen LogP contribution in [-0.4, -0.2) is 17.7 Å². The average molecular weight is 318 g/mol. The molecule has 2 aromatic rings. The highest BCUT2D eigenvalue weighted by molar-refractivity contribution is 6.03. The monoisotopic (exact) mass is 318 g/mol. The fourth-order valence-corrected chi connectivity index (χ4v) is 2.74. The summed E-state index contributed by atoms with van der Waals surface area (Å²) in [6.07, 6.45) is 8.90. The SMILES string of the molecule is CNC1=CCCC=C1/N=C(\Cc1ccccn1)c1cccc(N)c1. The first kappa shape index (κ1) is 16.0. The summed E-state index contributed by atoms with van der Waals surface area (Å²) in [6, 6.07) is 13.8. The normalized spacial score (nSPS) is 14.8. The summed E-state index contributed by atoms with van der Waals surface area (Å²) in [7, 11) is 1.93. The van der Waals surface area contributed by atoms with Crippen LogP contribution in [0, 0.1) is 0 Å². The van der Waals surface area contributed by atoms with Gasteiger partial charge in [-0.3, -0.25) is 9.98 Å². The van der Waals surface area contributed by atoms with Crippen molar-refractivity contribution in [2.24, 2.45) is 4.99 Å². The number of nitrogens with one attached hydrogen (secondary N) is 1. The van der Waals surface area contributed by atoms with Gasteiger partial charge >= 0.3 is 0 Å². The molecule has 3 rings (SSSR count). The van der Waals surface area contributed by atoms with Crippen LogP contribution in [0.2, 0.25) is 0 Å². The van der Waals surface area contributed by atoms with Crippen molar-refractivity contribution >= 4 is 11.4 Å². The number of anilines is 1. The highest BCUT2D eigenvalue weighted by Gasteiger charge is 2.11. The van der Waals surface area contributed by atoms with Crippen molar-refractivity contribution in [1.82, 2.24) is 10.3 Å². The van der Waals surface area contributed by atoms with Gasteiger partial charge in [-0.15, -0.1) is 0 Å². The number of pyridine rings is 1. The maximum atomic E-state index is 5.97. The van der Waals surface area contributed by atoms with Gasteiger partial charge in [0.2, 0.25) is 0 Å². The predicted octanol–water partition coefficient (Wildman–Crippen LogP) is 3.48. The predicted molar refractivity (Wildman–Crippen MR) is 99.8 cm³/mol. The first-order valence-electron chi connectivity index (χ1n) is 8.18. The molecule has 122 valence electrons. The Hall–Kier alpha value is -2.88. The van der Waals surface area contributed by atoms with Gasteiger partial charge in [-0.05, 0) is 42.7 Å². The Labute approximate surface area is 142 Å². The number of likely N-dealkylation sites (N-methyl/N-ethyl adjacent to an activating group) is 1. The lowest BCUT2D eigenvalue weighted by Gasteiger charge is -2.15. The summed E-state index contributed by atoms with van der Waals surface area (Å²) < 4.78 is 0. The molecule has 1 heterocycles. The number of aliphatic imine (C=N–C) groups is 1. The summed E-state index contributed by atoms with van der Waals surface area (Å²) in [6.45, 7) is 0. The van der Waals surface area contributed by atoms with Crippen molar-refractivity contribution < 1.29 is 0 Å². The van der Waals surface area contributed by atoms with Crippen LogP contribution >= 0.6 is 0 Å². The first-order valence-corrected chi connectivity index (χ1v) is 8.18. The van der Waals surface area contributed by atoms with E-state index in [-0.39, 0.29) is 0 Å². The molecule has 0 spiro atoms. The van der Waals surface area contributed by atoms with Crippen molar-refractivity contribution in [3.05, 3.63) is 83.5 Å². The number of nitrogens with zero attached hydrogens (tertiary/aromatic N) is 2. The van der Waals surface area contributed by atoms with Gasteiger partial charge in [0.05, 0.1) is 17.1 Å². The fourth-order valence-electron chi connectivity index (χ4n) is 2.74. The van der Waals surface area contributed by atoms with Gasteiger partial charge in [-0.25, -0.2) is 0 Å². The summed E-state index contributed by atoms with van der Waals surface area (Å²) in [5.74, 6) is 0. The first-order chi connectivity index (χ1) is 11.8. The fraction of sp³-hybridized carbons (Fsp3) is 0.200. The quantitative estimate of drug-likeness (QED) is 0.655. The molecule has 0 atom stereocenters. The van der Waals surface area contributed by atoms with E-state index in [9.17, 15) is 0 Å². The van der Waals surface area contributed by atoms with Gasteiger partial charge in [0.1, 0.15) is 0 Å². The van der Waals surface area contributed by atoms with Gasteiger partial charge in [0.15, 0.2) is 0 Å². The second-order valence-electron chi connectivity index (χ2n) is 5.72. The summed E-state index contributed by atoms with van der Waals surface area (Å²) in [4.78, 5) is 9.38. The van der Waals surface area contributed by atoms with Crippen LogP contribution in [0.3, 0.4) is 0 Å². The summed E-state index contributed by atoms with van der Waals surface area (Å²) in [5.41, 5.74) is 11.8. The number of hydrogen-bond acceptors (Lipinski definition) is 4. The van der Waals surface area contributed by atoms with Gasteiger partial charge in [-0.1, -0.05) is 30.4 Å². The number of benzene rings is 1. The molecule has 4 heteroatoms. The Kier molecular flexibility index (Phi) is 5.06. The minimum atomic E-state index is 0.665. The highest BCUT2D eigenvalue weighted by Crippen LogP contribution is 2.20. The molecule has 0 radical (unpaired) electrons. The number of rotatable bonds is 5. The zero-order chi connectivity index (χ0) is 16.8. The number of allylic oxidation sites excluding steroid dienone is 2. The number of nitrogen functional groups attached to an aromatic ring is 1. The van der Waals surface area contributed by atoms with Crippen LogP contribution < -0.4 is 11.1 Å². The molecule has 1 aliphatic carbocycles. The van der Waals surface area contributed by atoms with E-state index in [0.29, 0.717) is 6.42 Å². The van der Waals surface area contributed by atoms with Gasteiger partial charge in [0.25, 0.3) is 0 Å². The molecular formula is C20H22N4. The molecule has 0 saturated carbocycles. The van der Waals surface area contributed by atoms with Gasteiger partial charge < -0.3 is 11.1 Å². The smallest absolute Gasteiger partial charge is 0.0821 e. The zero-order valence-corrected chi connectivity index (χ0v) is 13.9. The van der Waals surface area contributed by atoms with Crippen LogP contribution in [-0.2, 0) is 6.42 Å². The van der Waals surface area contributed by atoms with Crippen LogP contribution in [0.15, 0.2) is 77.2 Å². The lowest BCUT2D eigenvalue weighted by molar-refractivity contribution is 0.899. The molecule has 0 amide bonds. The van der Waals surface area contributed by atoms with Crippen molar-refractivity contribution in [2.75, 3.05) is 12.8 Å². The van der Waals surface area contributed by atoms with E-state index in [0.717, 1.165) is 46.9 Å². The zero-order valence-electron chi connectivity index (χ0n) is 13.9. The van der Waals surface area contributed by atoms with Crippen molar-refractivity contribution in [3.63, 3.8) is 0 Å². The molecule has 1 aromatic carbocycles. The maximum Gasteiger partial charge on any atom is 0.0821 e. The van der Waals surface area contributed by atoms with E-state index >= 15 is 0 Å². The van der Waals surface area contributed by atoms with E-state index in [1.165, 1.54) is 0 Å². The van der Waals surface area contributed by atoms with Crippen molar-refractivity contribution in [1.29, 1.82) is 0 Å². The lowest BCUT2D eigenvalue weighted by atomic mass is 10.0. The molecule has 0 fully saturated rings. The maximum absolute atomic E-state index is 5.97. The third-order valence-corrected chi connectivity index (χ3v) is 3.95. The molecular weight excluding hydrogens is 296 g/mol. The standard InChI is InChI=1S/C20H22N4/c1-22-18-10-2-3-11-19(18)24-20(14-17-9-4-5-12-23-17)15-7-6-8-16(21)13-15/h4-13,22H,2-3,14,21H2,1H3/b24-20+. The third kappa shape index (κ3) is 3.90. The van der Waals surface area contributed by atoms with E-state index in [1.807, 2.05) is 55.7 Å². The van der Waals surface area contributed by atoms with E-state index < -0.39 is 0 Å². The molecule has 24 heavy (non-hydrogen) atoms. The summed E-state index contributed by atoms with van der Waals surface area (Å²) in [5, 5.41) is 3.23. The number of hydrogen-bond donors (Lipinski definition) is 2. The number of aromatic nitrogens is 1. The van der Waals surface area contributed by atoms with Crippen molar-refractivity contribution in [2.45, 2.75) is 19.3 Å². The number of nitrogens with two attached hydrogens (primary N) is 1. The van der Waals surface area contributed by atoms with E-state index in [4.69, 9.17) is 10.7 Å². The minimum absolute atomic E-state index is 0.665. The molecule has 4 nitrogen and oxygen atoms in total.